The zero-order chi connectivity index (χ0) is 23.3. The average Bonchev–Trinajstić information content (AvgIpc) is 3.19. The van der Waals surface area contributed by atoms with Crippen LogP contribution < -0.4 is 14.8 Å². The average molecular weight is 479 g/mol. The van der Waals surface area contributed by atoms with Crippen molar-refractivity contribution >= 4 is 42.4 Å². The van der Waals surface area contributed by atoms with Crippen molar-refractivity contribution in [2.24, 2.45) is 0 Å². The summed E-state index contributed by atoms with van der Waals surface area (Å²) >= 11 is 1.33. The van der Waals surface area contributed by atoms with Gasteiger partial charge >= 0.3 is 0 Å². The molecule has 0 aliphatic rings. The van der Waals surface area contributed by atoms with Crippen LogP contribution in [0.25, 0.3) is 10.2 Å². The van der Waals surface area contributed by atoms with E-state index >= 15 is 0 Å². The Kier molecular flexibility index (Phi) is 7.70. The second-order valence-electron chi connectivity index (χ2n) is 6.99. The Labute approximate surface area is 191 Å². The maximum absolute atomic E-state index is 13.1. The zero-order valence-electron chi connectivity index (χ0n) is 18.4. The SMILES string of the molecule is CCS(=O)(=O)c1ccc(C(CCOC)C(=O)Nc2nc3cc(OC)c(OC)cc3s2)cc1. The highest BCUT2D eigenvalue weighted by Crippen LogP contribution is 2.36. The molecule has 1 N–H and O–H groups in total. The number of carbonyl (C=O) groups is 1. The Hall–Kier alpha value is -2.69. The van der Waals surface area contributed by atoms with E-state index in [4.69, 9.17) is 14.2 Å². The van der Waals surface area contributed by atoms with E-state index in [2.05, 4.69) is 10.3 Å². The quantitative estimate of drug-likeness (QED) is 0.472. The molecule has 32 heavy (non-hydrogen) atoms. The minimum atomic E-state index is -3.31. The number of methoxy groups -OCH3 is 3. The topological polar surface area (TPSA) is 104 Å². The van der Waals surface area contributed by atoms with E-state index in [1.165, 1.54) is 23.5 Å². The lowest BCUT2D eigenvalue weighted by atomic mass is 9.95. The summed E-state index contributed by atoms with van der Waals surface area (Å²) in [7, 11) is 1.37. The van der Waals surface area contributed by atoms with E-state index in [-0.39, 0.29) is 16.6 Å². The molecule has 1 atom stereocenters. The fourth-order valence-electron chi connectivity index (χ4n) is 3.26. The van der Waals surface area contributed by atoms with Crippen LogP contribution in [0.4, 0.5) is 5.13 Å². The Balaban J connectivity index is 1.86. The predicted molar refractivity (Wildman–Crippen MR) is 125 cm³/mol. The number of nitrogens with one attached hydrogen (secondary N) is 1. The van der Waals surface area contributed by atoms with Gasteiger partial charge in [0, 0.05) is 25.8 Å². The Morgan fingerprint density at radius 2 is 1.75 bits per heavy atom. The van der Waals surface area contributed by atoms with E-state index in [1.807, 2.05) is 6.07 Å². The van der Waals surface area contributed by atoms with Crippen molar-refractivity contribution in [3.05, 3.63) is 42.0 Å². The largest absolute Gasteiger partial charge is 0.493 e. The number of fused-ring (bicyclic) bond motifs is 1. The van der Waals surface area contributed by atoms with Gasteiger partial charge in [0.25, 0.3) is 0 Å². The van der Waals surface area contributed by atoms with E-state index < -0.39 is 15.8 Å². The molecule has 0 bridgehead atoms. The Morgan fingerprint density at radius 1 is 1.09 bits per heavy atom. The first-order valence-corrected chi connectivity index (χ1v) is 12.4. The first kappa shape index (κ1) is 24.0. The molecule has 0 saturated heterocycles. The van der Waals surface area contributed by atoms with Crippen molar-refractivity contribution in [3.63, 3.8) is 0 Å². The van der Waals surface area contributed by atoms with Crippen LogP contribution in [0.5, 0.6) is 11.5 Å². The van der Waals surface area contributed by atoms with Gasteiger partial charge in [0.1, 0.15) is 0 Å². The molecule has 1 heterocycles. The molecule has 0 aliphatic heterocycles. The lowest BCUT2D eigenvalue weighted by Gasteiger charge is -2.16. The van der Waals surface area contributed by atoms with Crippen LogP contribution in [0, 0.1) is 0 Å². The second-order valence-corrected chi connectivity index (χ2v) is 10.3. The summed E-state index contributed by atoms with van der Waals surface area (Å²) in [4.78, 5) is 17.8. The first-order chi connectivity index (χ1) is 15.3. The van der Waals surface area contributed by atoms with Crippen molar-refractivity contribution < 1.29 is 27.4 Å². The van der Waals surface area contributed by atoms with Crippen LogP contribution in [0.1, 0.15) is 24.8 Å². The first-order valence-electron chi connectivity index (χ1n) is 9.98. The van der Waals surface area contributed by atoms with Gasteiger partial charge in [-0.3, -0.25) is 4.79 Å². The number of nitrogens with zero attached hydrogens (tertiary/aromatic N) is 1. The van der Waals surface area contributed by atoms with Crippen LogP contribution in [0.3, 0.4) is 0 Å². The van der Waals surface area contributed by atoms with Crippen molar-refractivity contribution in [1.29, 1.82) is 0 Å². The summed E-state index contributed by atoms with van der Waals surface area (Å²) in [5.41, 5.74) is 1.39. The smallest absolute Gasteiger partial charge is 0.233 e. The number of hydrogen-bond acceptors (Lipinski definition) is 8. The van der Waals surface area contributed by atoms with Gasteiger partial charge in [-0.1, -0.05) is 30.4 Å². The number of hydrogen-bond donors (Lipinski definition) is 1. The van der Waals surface area contributed by atoms with Gasteiger partial charge in [0.2, 0.25) is 5.91 Å². The standard InChI is InChI=1S/C22H26N2O6S2/c1-5-32(26,27)15-8-6-14(7-9-15)16(10-11-28-2)21(25)24-22-23-17-12-18(29-3)19(30-4)13-20(17)31-22/h6-9,12-13,16H,5,10-11H2,1-4H3,(H,23,24,25). The minimum Gasteiger partial charge on any atom is -0.493 e. The van der Waals surface area contributed by atoms with Crippen LogP contribution >= 0.6 is 11.3 Å². The van der Waals surface area contributed by atoms with Gasteiger partial charge in [0.05, 0.1) is 41.0 Å². The van der Waals surface area contributed by atoms with Crippen LogP contribution in [-0.2, 0) is 19.4 Å². The summed E-state index contributed by atoms with van der Waals surface area (Å²) in [5.74, 6) is 0.396. The van der Waals surface area contributed by atoms with Crippen LogP contribution in [0.15, 0.2) is 41.3 Å². The number of amides is 1. The number of carbonyl (C=O) groups excluding carboxylic acids is 1. The molecule has 0 saturated carbocycles. The number of aromatic nitrogens is 1. The van der Waals surface area contributed by atoms with Gasteiger partial charge in [0.15, 0.2) is 26.5 Å². The number of sulfone groups is 1. The highest BCUT2D eigenvalue weighted by molar-refractivity contribution is 7.91. The number of rotatable bonds is 10. The van der Waals surface area contributed by atoms with Crippen LogP contribution in [-0.4, -0.2) is 53.0 Å². The van der Waals surface area contributed by atoms with Gasteiger partial charge in [-0.25, -0.2) is 13.4 Å². The van der Waals surface area contributed by atoms with Gasteiger partial charge in [-0.2, -0.15) is 0 Å². The highest BCUT2D eigenvalue weighted by Gasteiger charge is 2.23. The van der Waals surface area contributed by atoms with Gasteiger partial charge in [-0.05, 0) is 24.1 Å². The summed E-state index contributed by atoms with van der Waals surface area (Å²) < 4.78 is 40.8. The van der Waals surface area contributed by atoms with Crippen molar-refractivity contribution in [1.82, 2.24) is 4.98 Å². The van der Waals surface area contributed by atoms with Crippen molar-refractivity contribution in [2.75, 3.05) is 39.0 Å². The highest BCUT2D eigenvalue weighted by atomic mass is 32.2. The Bertz CT molecular complexity index is 1150. The summed E-state index contributed by atoms with van der Waals surface area (Å²) in [6.07, 6.45) is 0.439. The van der Waals surface area contributed by atoms with Crippen molar-refractivity contribution in [2.45, 2.75) is 24.2 Å². The molecule has 8 nitrogen and oxygen atoms in total. The molecule has 2 aromatic carbocycles. The molecule has 3 aromatic rings. The molecule has 0 aliphatic carbocycles. The molecule has 0 spiro atoms. The molecule has 0 fully saturated rings. The van der Waals surface area contributed by atoms with Gasteiger partial charge in [-0.15, -0.1) is 0 Å². The molecule has 1 aromatic heterocycles. The second kappa shape index (κ2) is 10.3. The lowest BCUT2D eigenvalue weighted by molar-refractivity contribution is -0.118. The summed E-state index contributed by atoms with van der Waals surface area (Å²) in [6.45, 7) is 1.97. The van der Waals surface area contributed by atoms with E-state index in [0.717, 1.165) is 4.70 Å². The van der Waals surface area contributed by atoms with Crippen LogP contribution in [0.2, 0.25) is 0 Å². The summed E-state index contributed by atoms with van der Waals surface area (Å²) in [5, 5.41) is 3.33. The number of thiazole rings is 1. The third-order valence-corrected chi connectivity index (χ3v) is 7.76. The molecular weight excluding hydrogens is 452 g/mol. The molecule has 1 unspecified atom stereocenters. The van der Waals surface area contributed by atoms with E-state index in [1.54, 1.807) is 46.5 Å². The molecule has 10 heteroatoms. The maximum Gasteiger partial charge on any atom is 0.233 e. The molecule has 3 rings (SSSR count). The summed E-state index contributed by atoms with van der Waals surface area (Å²) in [6, 6.07) is 10.0. The molecular formula is C22H26N2O6S2. The molecule has 0 radical (unpaired) electrons. The normalized spacial score (nSPS) is 12.5. The lowest BCUT2D eigenvalue weighted by Crippen LogP contribution is -2.22. The molecule has 1 amide bonds. The van der Waals surface area contributed by atoms with E-state index in [0.29, 0.717) is 40.7 Å². The minimum absolute atomic E-state index is 0.0209. The van der Waals surface area contributed by atoms with E-state index in [9.17, 15) is 13.2 Å². The molecule has 172 valence electrons. The number of ether oxygens (including phenoxy) is 3. The third-order valence-electron chi connectivity index (χ3n) is 5.07. The fraction of sp³-hybridized carbons (Fsp3) is 0.364. The zero-order valence-corrected chi connectivity index (χ0v) is 20.0. The number of anilines is 1. The third kappa shape index (κ3) is 5.20. The maximum atomic E-state index is 13.1. The van der Waals surface area contributed by atoms with Gasteiger partial charge < -0.3 is 19.5 Å². The number of benzene rings is 2. The monoisotopic (exact) mass is 478 g/mol. The Morgan fingerprint density at radius 3 is 2.34 bits per heavy atom. The predicted octanol–water partition coefficient (Wildman–Crippen LogP) is 3.87. The van der Waals surface area contributed by atoms with Crippen molar-refractivity contribution in [3.8, 4) is 11.5 Å². The fourth-order valence-corrected chi connectivity index (χ4v) is 5.02.